The summed E-state index contributed by atoms with van der Waals surface area (Å²) in [5.74, 6) is 0. The summed E-state index contributed by atoms with van der Waals surface area (Å²) in [5.41, 5.74) is 3.18. The van der Waals surface area contributed by atoms with Crippen molar-refractivity contribution in [3.63, 3.8) is 0 Å². The van der Waals surface area contributed by atoms with Crippen molar-refractivity contribution in [2.45, 2.75) is 6.92 Å². The normalized spacial score (nSPS) is 10.1. The minimum atomic E-state index is -0.395. The first-order valence-corrected chi connectivity index (χ1v) is 4.90. The molecular weight excluding hydrogens is 202 g/mol. The van der Waals surface area contributed by atoms with Gasteiger partial charge in [-0.15, -0.1) is 0 Å². The predicted molar refractivity (Wildman–Crippen MR) is 62.1 cm³/mol. The predicted octanol–water partition coefficient (Wildman–Crippen LogP) is 3.37. The molecule has 1 radical (unpaired) electrons. The molecule has 0 aliphatic rings. The van der Waals surface area contributed by atoms with Gasteiger partial charge in [0.1, 0.15) is 0 Å². The Morgan fingerprint density at radius 2 is 1.88 bits per heavy atom. The van der Waals surface area contributed by atoms with Crippen LogP contribution in [0, 0.1) is 23.1 Å². The summed E-state index contributed by atoms with van der Waals surface area (Å²) < 4.78 is 0. The van der Waals surface area contributed by atoms with E-state index in [0.717, 1.165) is 16.7 Å². The first-order chi connectivity index (χ1) is 7.68. The van der Waals surface area contributed by atoms with Crippen LogP contribution >= 0.6 is 0 Å². The maximum atomic E-state index is 10.5. The van der Waals surface area contributed by atoms with Gasteiger partial charge >= 0.3 is 0 Å². The molecule has 0 aromatic heterocycles. The number of non-ortho nitro benzene ring substituents is 1. The average molecular weight is 212 g/mol. The number of nitrogens with zero attached hydrogens (tertiary/aromatic N) is 1. The molecule has 0 heterocycles. The number of rotatable bonds is 2. The van der Waals surface area contributed by atoms with Gasteiger partial charge < -0.3 is 0 Å². The monoisotopic (exact) mass is 212 g/mol. The molecule has 0 spiro atoms. The van der Waals surface area contributed by atoms with Crippen LogP contribution in [0.2, 0.25) is 0 Å². The number of hydrogen-bond donors (Lipinski definition) is 0. The van der Waals surface area contributed by atoms with Crippen LogP contribution in [0.1, 0.15) is 5.56 Å². The Balaban J connectivity index is 2.43. The van der Waals surface area contributed by atoms with E-state index in [-0.39, 0.29) is 5.69 Å². The Morgan fingerprint density at radius 1 is 1.19 bits per heavy atom. The van der Waals surface area contributed by atoms with Gasteiger partial charge in [0, 0.05) is 12.1 Å². The fraction of sp³-hybridized carbons (Fsp3) is 0.0769. The maximum absolute atomic E-state index is 10.5. The van der Waals surface area contributed by atoms with Crippen LogP contribution < -0.4 is 0 Å². The van der Waals surface area contributed by atoms with Crippen molar-refractivity contribution in [2.75, 3.05) is 0 Å². The molecule has 2 aromatic carbocycles. The number of hydrogen-bond acceptors (Lipinski definition) is 2. The highest BCUT2D eigenvalue weighted by Crippen LogP contribution is 2.24. The molecule has 0 fully saturated rings. The molecule has 0 saturated carbocycles. The zero-order valence-electron chi connectivity index (χ0n) is 8.81. The summed E-state index contributed by atoms with van der Waals surface area (Å²) in [4.78, 5) is 10.1. The van der Waals surface area contributed by atoms with Crippen molar-refractivity contribution < 1.29 is 4.92 Å². The molecule has 0 bridgehead atoms. The lowest BCUT2D eigenvalue weighted by atomic mass is 10.0. The molecule has 3 nitrogen and oxygen atoms in total. The van der Waals surface area contributed by atoms with Crippen LogP contribution in [-0.4, -0.2) is 4.92 Å². The van der Waals surface area contributed by atoms with Gasteiger partial charge in [-0.3, -0.25) is 10.1 Å². The first kappa shape index (κ1) is 10.4. The number of aryl methyl sites for hydroxylation is 1. The van der Waals surface area contributed by atoms with Crippen LogP contribution in [0.15, 0.2) is 42.5 Å². The van der Waals surface area contributed by atoms with Gasteiger partial charge in [-0.25, -0.2) is 0 Å². The molecule has 2 aromatic rings. The smallest absolute Gasteiger partial charge is 0.258 e. The number of nitro benzene ring substituents is 1. The highest BCUT2D eigenvalue weighted by molar-refractivity contribution is 5.67. The number of nitro groups is 1. The third-order valence-electron chi connectivity index (χ3n) is 2.45. The highest BCUT2D eigenvalue weighted by Gasteiger charge is 2.06. The zero-order valence-corrected chi connectivity index (χ0v) is 8.81. The van der Waals surface area contributed by atoms with E-state index in [9.17, 15) is 10.1 Å². The van der Waals surface area contributed by atoms with E-state index < -0.39 is 4.92 Å². The van der Waals surface area contributed by atoms with E-state index in [2.05, 4.69) is 6.07 Å². The molecule has 79 valence electrons. The average Bonchev–Trinajstić information content (AvgIpc) is 2.30. The van der Waals surface area contributed by atoms with Crippen molar-refractivity contribution >= 4 is 5.69 Å². The molecule has 0 atom stereocenters. The minimum absolute atomic E-state index is 0.112. The Kier molecular flexibility index (Phi) is 2.68. The van der Waals surface area contributed by atoms with Gasteiger partial charge in [0.05, 0.1) is 4.92 Å². The van der Waals surface area contributed by atoms with E-state index in [4.69, 9.17) is 0 Å². The molecule has 0 aliphatic heterocycles. The Hall–Kier alpha value is -2.16. The van der Waals surface area contributed by atoms with Crippen molar-refractivity contribution in [1.29, 1.82) is 0 Å². The van der Waals surface area contributed by atoms with E-state index in [0.29, 0.717) is 0 Å². The van der Waals surface area contributed by atoms with Crippen LogP contribution in [0.4, 0.5) is 5.69 Å². The van der Waals surface area contributed by atoms with E-state index in [1.807, 2.05) is 25.1 Å². The second-order valence-electron chi connectivity index (χ2n) is 3.51. The van der Waals surface area contributed by atoms with Gasteiger partial charge in [0.25, 0.3) is 5.69 Å². The Morgan fingerprint density at radius 3 is 2.44 bits per heavy atom. The lowest BCUT2D eigenvalue weighted by Crippen LogP contribution is -1.88. The fourth-order valence-electron chi connectivity index (χ4n) is 1.60. The molecule has 0 saturated heterocycles. The molecule has 0 unspecified atom stereocenters. The quantitative estimate of drug-likeness (QED) is 0.565. The van der Waals surface area contributed by atoms with Crippen LogP contribution in [0.5, 0.6) is 0 Å². The summed E-state index contributed by atoms with van der Waals surface area (Å²) in [6.45, 7) is 1.97. The molecule has 0 amide bonds. The molecule has 0 aliphatic carbocycles. The summed E-state index contributed by atoms with van der Waals surface area (Å²) in [6, 6.07) is 15.4. The third kappa shape index (κ3) is 1.93. The van der Waals surface area contributed by atoms with Gasteiger partial charge in [0.2, 0.25) is 0 Å². The van der Waals surface area contributed by atoms with E-state index in [1.54, 1.807) is 12.1 Å². The van der Waals surface area contributed by atoms with Crippen LogP contribution in [0.25, 0.3) is 11.1 Å². The van der Waals surface area contributed by atoms with Crippen LogP contribution in [-0.2, 0) is 0 Å². The van der Waals surface area contributed by atoms with Gasteiger partial charge in [-0.1, -0.05) is 18.2 Å². The van der Waals surface area contributed by atoms with Gasteiger partial charge in [-0.05, 0) is 41.8 Å². The molecule has 0 N–H and O–H groups in total. The lowest BCUT2D eigenvalue weighted by Gasteiger charge is -2.04. The van der Waals surface area contributed by atoms with Crippen molar-refractivity contribution in [3.05, 3.63) is 64.2 Å². The van der Waals surface area contributed by atoms with Crippen molar-refractivity contribution in [1.82, 2.24) is 0 Å². The van der Waals surface area contributed by atoms with Gasteiger partial charge in [-0.2, -0.15) is 0 Å². The Labute approximate surface area is 93.5 Å². The zero-order chi connectivity index (χ0) is 11.5. The topological polar surface area (TPSA) is 43.1 Å². The second kappa shape index (κ2) is 4.14. The largest absolute Gasteiger partial charge is 0.269 e. The summed E-state index contributed by atoms with van der Waals surface area (Å²) in [7, 11) is 0. The number of benzene rings is 2. The third-order valence-corrected chi connectivity index (χ3v) is 2.45. The van der Waals surface area contributed by atoms with Crippen molar-refractivity contribution in [2.24, 2.45) is 0 Å². The highest BCUT2D eigenvalue weighted by atomic mass is 16.6. The summed E-state index contributed by atoms with van der Waals surface area (Å²) in [6.07, 6.45) is 0. The standard InChI is InChI=1S/C13H10NO2/c1-10-4-2-3-5-13(10)11-6-8-12(9-7-11)14(15)16/h2-3,5-9H,1H3. The Bertz CT molecular complexity index is 518. The second-order valence-corrected chi connectivity index (χ2v) is 3.51. The van der Waals surface area contributed by atoms with Gasteiger partial charge in [0.15, 0.2) is 0 Å². The fourth-order valence-corrected chi connectivity index (χ4v) is 1.60. The lowest BCUT2D eigenvalue weighted by molar-refractivity contribution is -0.384. The van der Waals surface area contributed by atoms with Crippen molar-refractivity contribution in [3.8, 4) is 11.1 Å². The first-order valence-electron chi connectivity index (χ1n) is 4.90. The SMILES string of the molecule is Cc1[c]cccc1-c1ccc([N+](=O)[O-])cc1. The van der Waals surface area contributed by atoms with E-state index >= 15 is 0 Å². The molecule has 2 rings (SSSR count). The molecule has 16 heavy (non-hydrogen) atoms. The van der Waals surface area contributed by atoms with Crippen LogP contribution in [0.3, 0.4) is 0 Å². The molecular formula is C13H10NO2. The minimum Gasteiger partial charge on any atom is -0.258 e. The summed E-state index contributed by atoms with van der Waals surface area (Å²) in [5, 5.41) is 10.5. The van der Waals surface area contributed by atoms with E-state index in [1.165, 1.54) is 12.1 Å². The molecule has 3 heteroatoms. The summed E-state index contributed by atoms with van der Waals surface area (Å²) >= 11 is 0. The maximum Gasteiger partial charge on any atom is 0.269 e.